The molecule has 0 fully saturated rings. The van der Waals surface area contributed by atoms with Gasteiger partial charge in [0.25, 0.3) is 0 Å². The van der Waals surface area contributed by atoms with Gasteiger partial charge in [-0.25, -0.2) is 4.98 Å². The van der Waals surface area contributed by atoms with Crippen molar-refractivity contribution in [2.75, 3.05) is 7.11 Å². The van der Waals surface area contributed by atoms with Gasteiger partial charge in [-0.15, -0.1) is 10.2 Å². The van der Waals surface area contributed by atoms with Gasteiger partial charge in [0, 0.05) is 5.56 Å². The Balaban J connectivity index is 1.68. The average molecular weight is 340 g/mol. The van der Waals surface area contributed by atoms with E-state index in [0.29, 0.717) is 17.3 Å². The highest BCUT2D eigenvalue weighted by Crippen LogP contribution is 2.26. The van der Waals surface area contributed by atoms with Crippen LogP contribution in [-0.4, -0.2) is 31.8 Å². The van der Waals surface area contributed by atoms with Crippen molar-refractivity contribution in [3.8, 4) is 17.1 Å². The van der Waals surface area contributed by atoms with Gasteiger partial charge in [-0.1, -0.05) is 17.7 Å². The van der Waals surface area contributed by atoms with Gasteiger partial charge in [0.2, 0.25) is 0 Å². The number of nitrogens with one attached hydrogen (secondary N) is 1. The van der Waals surface area contributed by atoms with Gasteiger partial charge < -0.3 is 14.3 Å². The van der Waals surface area contributed by atoms with E-state index in [4.69, 9.17) is 16.3 Å². The Labute approximate surface area is 143 Å². The number of rotatable bonds is 4. The van der Waals surface area contributed by atoms with Crippen LogP contribution in [0.5, 0.6) is 5.75 Å². The van der Waals surface area contributed by atoms with Gasteiger partial charge in [-0.2, -0.15) is 0 Å². The van der Waals surface area contributed by atoms with E-state index in [2.05, 4.69) is 20.2 Å². The largest absolute Gasteiger partial charge is 0.495 e. The van der Waals surface area contributed by atoms with Crippen molar-refractivity contribution >= 4 is 22.6 Å². The van der Waals surface area contributed by atoms with Crippen molar-refractivity contribution in [1.29, 1.82) is 0 Å². The fourth-order valence-corrected chi connectivity index (χ4v) is 2.95. The molecule has 4 aromatic rings. The summed E-state index contributed by atoms with van der Waals surface area (Å²) in [6, 6.07) is 11.7. The molecule has 0 spiro atoms. The minimum atomic E-state index is 0.587. The van der Waals surface area contributed by atoms with Crippen LogP contribution in [0.3, 0.4) is 0 Å². The minimum Gasteiger partial charge on any atom is -0.495 e. The lowest BCUT2D eigenvalue weighted by molar-refractivity contribution is 0.415. The van der Waals surface area contributed by atoms with Crippen molar-refractivity contribution in [2.45, 2.75) is 6.54 Å². The van der Waals surface area contributed by atoms with Crippen LogP contribution in [0.4, 0.5) is 0 Å². The zero-order valence-corrected chi connectivity index (χ0v) is 13.7. The first-order valence-electron chi connectivity index (χ1n) is 7.38. The van der Waals surface area contributed by atoms with E-state index >= 15 is 0 Å². The van der Waals surface area contributed by atoms with Gasteiger partial charge in [0.05, 0.1) is 36.0 Å². The van der Waals surface area contributed by atoms with E-state index in [1.54, 1.807) is 19.8 Å². The summed E-state index contributed by atoms with van der Waals surface area (Å²) < 4.78 is 7.17. The van der Waals surface area contributed by atoms with Crippen LogP contribution in [0.25, 0.3) is 22.4 Å². The number of methoxy groups -OCH3 is 1. The third-order valence-corrected chi connectivity index (χ3v) is 4.16. The van der Waals surface area contributed by atoms with Crippen molar-refractivity contribution in [2.24, 2.45) is 0 Å². The van der Waals surface area contributed by atoms with Gasteiger partial charge in [-0.05, 0) is 35.9 Å². The molecule has 24 heavy (non-hydrogen) atoms. The second kappa shape index (κ2) is 5.98. The van der Waals surface area contributed by atoms with E-state index in [-0.39, 0.29) is 0 Å². The van der Waals surface area contributed by atoms with E-state index in [9.17, 15) is 0 Å². The van der Waals surface area contributed by atoms with Crippen LogP contribution in [0.1, 0.15) is 5.56 Å². The third kappa shape index (κ3) is 2.61. The number of ether oxygens (including phenoxy) is 1. The number of halogens is 1. The summed E-state index contributed by atoms with van der Waals surface area (Å²) in [6.07, 6.45) is 3.39. The van der Waals surface area contributed by atoms with Crippen LogP contribution < -0.4 is 4.74 Å². The minimum absolute atomic E-state index is 0.587. The average Bonchev–Trinajstić information content (AvgIpc) is 3.23. The molecule has 4 rings (SSSR count). The number of imidazole rings is 1. The Morgan fingerprint density at radius 3 is 2.96 bits per heavy atom. The Hall–Kier alpha value is -2.86. The predicted molar refractivity (Wildman–Crippen MR) is 92.2 cm³/mol. The molecule has 0 aliphatic rings. The summed E-state index contributed by atoms with van der Waals surface area (Å²) in [4.78, 5) is 7.34. The molecule has 0 unspecified atom stereocenters. The first kappa shape index (κ1) is 14.7. The zero-order valence-electron chi connectivity index (χ0n) is 12.9. The summed E-state index contributed by atoms with van der Waals surface area (Å²) in [5.41, 5.74) is 3.91. The molecule has 0 saturated carbocycles. The van der Waals surface area contributed by atoms with Crippen LogP contribution in [0, 0.1) is 0 Å². The summed E-state index contributed by atoms with van der Waals surface area (Å²) in [6.45, 7) is 0.618. The Morgan fingerprint density at radius 1 is 1.21 bits per heavy atom. The third-order valence-electron chi connectivity index (χ3n) is 3.86. The van der Waals surface area contributed by atoms with Gasteiger partial charge in [-0.3, -0.25) is 0 Å². The summed E-state index contributed by atoms with van der Waals surface area (Å²) in [5, 5.41) is 8.89. The Morgan fingerprint density at radius 2 is 2.12 bits per heavy atom. The molecule has 6 nitrogen and oxygen atoms in total. The molecular weight excluding hydrogens is 326 g/mol. The molecule has 2 heterocycles. The van der Waals surface area contributed by atoms with E-state index in [1.807, 2.05) is 41.0 Å². The summed E-state index contributed by atoms with van der Waals surface area (Å²) in [5.74, 6) is 1.45. The maximum absolute atomic E-state index is 6.20. The molecule has 120 valence electrons. The molecule has 0 saturated heterocycles. The van der Waals surface area contributed by atoms with Gasteiger partial charge in [0.1, 0.15) is 12.1 Å². The van der Waals surface area contributed by atoms with Crippen LogP contribution >= 0.6 is 11.6 Å². The van der Waals surface area contributed by atoms with Crippen molar-refractivity contribution in [1.82, 2.24) is 24.7 Å². The molecule has 0 radical (unpaired) electrons. The molecular formula is C17H14ClN5O. The molecule has 0 aliphatic carbocycles. The summed E-state index contributed by atoms with van der Waals surface area (Å²) in [7, 11) is 1.60. The first-order chi connectivity index (χ1) is 11.7. The van der Waals surface area contributed by atoms with E-state index in [1.165, 1.54) is 0 Å². The van der Waals surface area contributed by atoms with E-state index < -0.39 is 0 Å². The molecule has 0 amide bonds. The second-order valence-corrected chi connectivity index (χ2v) is 5.79. The molecule has 0 aliphatic heterocycles. The lowest BCUT2D eigenvalue weighted by Crippen LogP contribution is -2.01. The molecule has 1 N–H and O–H groups in total. The molecule has 0 bridgehead atoms. The van der Waals surface area contributed by atoms with Gasteiger partial charge >= 0.3 is 0 Å². The number of nitrogens with zero attached hydrogens (tertiary/aromatic N) is 4. The highest BCUT2D eigenvalue weighted by molar-refractivity contribution is 6.32. The fraction of sp³-hybridized carbons (Fsp3) is 0.118. The van der Waals surface area contributed by atoms with Crippen LogP contribution in [0.2, 0.25) is 5.02 Å². The number of fused-ring (bicyclic) bond motifs is 1. The smallest absolute Gasteiger partial charge is 0.164 e. The number of aromatic amines is 1. The standard InChI is InChI=1S/C17H14ClN5O/c1-24-16-5-2-11(6-13(16)18)8-23-10-21-22-17(23)12-3-4-14-15(7-12)20-9-19-14/h2-7,9-10H,8H2,1H3,(H,19,20). The highest BCUT2D eigenvalue weighted by atomic mass is 35.5. The predicted octanol–water partition coefficient (Wildman–Crippen LogP) is 3.53. The van der Waals surface area contributed by atoms with Crippen LogP contribution in [-0.2, 0) is 6.54 Å². The number of hydrogen-bond acceptors (Lipinski definition) is 4. The molecule has 2 aromatic heterocycles. The highest BCUT2D eigenvalue weighted by Gasteiger charge is 2.10. The number of aromatic nitrogens is 5. The normalized spacial score (nSPS) is 11.1. The first-order valence-corrected chi connectivity index (χ1v) is 7.76. The number of benzene rings is 2. The van der Waals surface area contributed by atoms with E-state index in [0.717, 1.165) is 28.0 Å². The maximum Gasteiger partial charge on any atom is 0.164 e. The number of hydrogen-bond donors (Lipinski definition) is 1. The lowest BCUT2D eigenvalue weighted by Gasteiger charge is -2.09. The number of H-pyrrole nitrogens is 1. The molecule has 2 aromatic carbocycles. The Bertz CT molecular complexity index is 1010. The van der Waals surface area contributed by atoms with Crippen molar-refractivity contribution in [3.63, 3.8) is 0 Å². The Kier molecular flexibility index (Phi) is 3.66. The zero-order chi connectivity index (χ0) is 16.5. The summed E-state index contributed by atoms with van der Waals surface area (Å²) >= 11 is 6.20. The molecule has 7 heteroatoms. The molecule has 0 atom stereocenters. The topological polar surface area (TPSA) is 68.6 Å². The fourth-order valence-electron chi connectivity index (χ4n) is 2.67. The quantitative estimate of drug-likeness (QED) is 0.617. The van der Waals surface area contributed by atoms with Gasteiger partial charge in [0.15, 0.2) is 5.82 Å². The van der Waals surface area contributed by atoms with Crippen molar-refractivity contribution < 1.29 is 4.74 Å². The second-order valence-electron chi connectivity index (χ2n) is 5.39. The monoisotopic (exact) mass is 339 g/mol. The SMILES string of the molecule is COc1ccc(Cn2cnnc2-c2ccc3nc[nH]c3c2)cc1Cl. The maximum atomic E-state index is 6.20. The van der Waals surface area contributed by atoms with Crippen molar-refractivity contribution in [3.05, 3.63) is 59.6 Å². The van der Waals surface area contributed by atoms with Crippen LogP contribution in [0.15, 0.2) is 49.1 Å². The lowest BCUT2D eigenvalue weighted by atomic mass is 10.1.